The van der Waals surface area contributed by atoms with Gasteiger partial charge in [0.05, 0.1) is 0 Å². The molecule has 2 unspecified atom stereocenters. The molecule has 1 aliphatic rings. The molecule has 0 radical (unpaired) electrons. The van der Waals surface area contributed by atoms with Crippen molar-refractivity contribution < 1.29 is 13.2 Å². The third-order valence-electron chi connectivity index (χ3n) is 1.98. The van der Waals surface area contributed by atoms with Gasteiger partial charge in [0.15, 0.2) is 17.5 Å². The lowest BCUT2D eigenvalue weighted by Crippen LogP contribution is -2.29. The second kappa shape index (κ2) is 3.58. The van der Waals surface area contributed by atoms with Gasteiger partial charge in [-0.2, -0.15) is 0 Å². The third-order valence-corrected chi connectivity index (χ3v) is 4.10. The van der Waals surface area contributed by atoms with Crippen LogP contribution in [0.1, 0.15) is 6.92 Å². The van der Waals surface area contributed by atoms with E-state index in [9.17, 15) is 13.2 Å². The van der Waals surface area contributed by atoms with Gasteiger partial charge in [0.25, 0.3) is 0 Å². The summed E-state index contributed by atoms with van der Waals surface area (Å²) >= 11 is 6.75. The van der Waals surface area contributed by atoms with Crippen molar-refractivity contribution in [1.29, 1.82) is 0 Å². The number of hydrogen-bond acceptors (Lipinski definition) is 1. The first-order chi connectivity index (χ1) is 5.93. The molecule has 0 aromatic heterocycles. The van der Waals surface area contributed by atoms with Gasteiger partial charge in [0.2, 0.25) is 0 Å². The quantitative estimate of drug-likeness (QED) is 0.613. The van der Waals surface area contributed by atoms with Crippen LogP contribution in [0.5, 0.6) is 0 Å². The molecular formula is C8H8ClF3S. The molecule has 0 saturated heterocycles. The summed E-state index contributed by atoms with van der Waals surface area (Å²) in [7, 11) is 0. The van der Waals surface area contributed by atoms with Crippen LogP contribution in [0.15, 0.2) is 23.6 Å². The van der Waals surface area contributed by atoms with Crippen molar-refractivity contribution in [3.63, 3.8) is 0 Å². The van der Waals surface area contributed by atoms with Gasteiger partial charge in [-0.15, -0.1) is 11.8 Å². The molecule has 2 atom stereocenters. The van der Waals surface area contributed by atoms with E-state index in [4.69, 9.17) is 11.6 Å². The van der Waals surface area contributed by atoms with Crippen LogP contribution < -0.4 is 0 Å². The molecule has 13 heavy (non-hydrogen) atoms. The first-order valence-corrected chi connectivity index (χ1v) is 5.21. The standard InChI is InChI=1S/C8H8ClF3S/c1-4-3-5(10)6(11)7(12)8(4,9)13-2/h3-4H,1-2H3. The summed E-state index contributed by atoms with van der Waals surface area (Å²) in [4.78, 5) is 0. The van der Waals surface area contributed by atoms with Crippen LogP contribution in [0.25, 0.3) is 0 Å². The summed E-state index contributed by atoms with van der Waals surface area (Å²) in [5.74, 6) is -4.46. The van der Waals surface area contributed by atoms with E-state index in [2.05, 4.69) is 0 Å². The van der Waals surface area contributed by atoms with E-state index < -0.39 is 27.6 Å². The summed E-state index contributed by atoms with van der Waals surface area (Å²) in [6.45, 7) is 1.54. The van der Waals surface area contributed by atoms with Crippen molar-refractivity contribution in [2.24, 2.45) is 5.92 Å². The number of allylic oxidation sites excluding steroid dienone is 3. The normalized spacial score (nSPS) is 34.9. The van der Waals surface area contributed by atoms with Crippen molar-refractivity contribution >= 4 is 23.4 Å². The molecule has 0 aromatic carbocycles. The van der Waals surface area contributed by atoms with Crippen LogP contribution in [0.4, 0.5) is 13.2 Å². The van der Waals surface area contributed by atoms with Crippen LogP contribution in [0.3, 0.4) is 0 Å². The second-order valence-corrected chi connectivity index (χ2v) is 4.65. The maximum Gasteiger partial charge on any atom is 0.192 e. The number of hydrogen-bond donors (Lipinski definition) is 0. The smallest absolute Gasteiger partial charge is 0.192 e. The van der Waals surface area contributed by atoms with Crippen LogP contribution in [0, 0.1) is 5.92 Å². The minimum absolute atomic E-state index is 0.580. The lowest BCUT2D eigenvalue weighted by molar-refractivity contribution is 0.423. The molecule has 0 aromatic rings. The van der Waals surface area contributed by atoms with Crippen LogP contribution in [-0.2, 0) is 0 Å². The highest BCUT2D eigenvalue weighted by molar-refractivity contribution is 8.01. The lowest BCUT2D eigenvalue weighted by Gasteiger charge is -2.30. The fourth-order valence-corrected chi connectivity index (χ4v) is 1.98. The van der Waals surface area contributed by atoms with E-state index in [1.54, 1.807) is 6.26 Å². The predicted octanol–water partition coefficient (Wildman–Crippen LogP) is 3.94. The SMILES string of the molecule is CSC1(Cl)C(F)=C(F)C(F)=CC1C. The van der Waals surface area contributed by atoms with Crippen molar-refractivity contribution in [2.45, 2.75) is 11.1 Å². The summed E-state index contributed by atoms with van der Waals surface area (Å²) in [5, 5.41) is 0. The van der Waals surface area contributed by atoms with E-state index >= 15 is 0 Å². The van der Waals surface area contributed by atoms with Crippen LogP contribution in [0.2, 0.25) is 0 Å². The summed E-state index contributed by atoms with van der Waals surface area (Å²) in [5.41, 5.74) is 0. The van der Waals surface area contributed by atoms with Crippen LogP contribution >= 0.6 is 23.4 Å². The highest BCUT2D eigenvalue weighted by Crippen LogP contribution is 2.49. The zero-order valence-corrected chi connectivity index (χ0v) is 8.65. The van der Waals surface area contributed by atoms with Gasteiger partial charge < -0.3 is 0 Å². The first-order valence-electron chi connectivity index (χ1n) is 3.61. The van der Waals surface area contributed by atoms with Crippen LogP contribution in [-0.4, -0.2) is 10.5 Å². The number of halogens is 4. The van der Waals surface area contributed by atoms with Gasteiger partial charge in [0.1, 0.15) is 4.21 Å². The average Bonchev–Trinajstić information content (AvgIpc) is 2.11. The van der Waals surface area contributed by atoms with Gasteiger partial charge in [-0.1, -0.05) is 18.5 Å². The Kier molecular flexibility index (Phi) is 3.02. The maximum atomic E-state index is 13.2. The maximum absolute atomic E-state index is 13.2. The van der Waals surface area contributed by atoms with Gasteiger partial charge in [0, 0.05) is 5.92 Å². The number of rotatable bonds is 1. The molecule has 0 nitrogen and oxygen atoms in total. The van der Waals surface area contributed by atoms with Gasteiger partial charge in [-0.3, -0.25) is 0 Å². The molecule has 0 N–H and O–H groups in total. The largest absolute Gasteiger partial charge is 0.205 e. The van der Waals surface area contributed by atoms with Crippen molar-refractivity contribution in [2.75, 3.05) is 6.26 Å². The fourth-order valence-electron chi connectivity index (χ4n) is 1.13. The minimum Gasteiger partial charge on any atom is -0.205 e. The minimum atomic E-state index is -1.50. The molecule has 0 fully saturated rings. The Hall–Kier alpha value is -0.0900. The molecular weight excluding hydrogens is 221 g/mol. The molecule has 0 aliphatic heterocycles. The highest BCUT2D eigenvalue weighted by Gasteiger charge is 2.43. The van der Waals surface area contributed by atoms with Gasteiger partial charge in [-0.05, 0) is 12.3 Å². The Morgan fingerprint density at radius 3 is 2.46 bits per heavy atom. The molecule has 0 amide bonds. The second-order valence-electron chi connectivity index (χ2n) is 2.78. The average molecular weight is 229 g/mol. The topological polar surface area (TPSA) is 0 Å². The summed E-state index contributed by atoms with van der Waals surface area (Å²) < 4.78 is 37.2. The summed E-state index contributed by atoms with van der Waals surface area (Å²) in [6, 6.07) is 0. The molecule has 5 heteroatoms. The molecule has 0 spiro atoms. The Balaban J connectivity index is 3.18. The third kappa shape index (κ3) is 1.62. The molecule has 1 aliphatic carbocycles. The highest BCUT2D eigenvalue weighted by atomic mass is 35.5. The van der Waals surface area contributed by atoms with Crippen molar-refractivity contribution in [1.82, 2.24) is 0 Å². The van der Waals surface area contributed by atoms with E-state index in [-0.39, 0.29) is 0 Å². The summed E-state index contributed by atoms with van der Waals surface area (Å²) in [6.07, 6.45) is 2.54. The molecule has 74 valence electrons. The molecule has 0 bridgehead atoms. The van der Waals surface area contributed by atoms with E-state index in [1.165, 1.54) is 6.92 Å². The first kappa shape index (κ1) is 11.0. The van der Waals surface area contributed by atoms with E-state index in [1.807, 2.05) is 0 Å². The molecule has 1 rings (SSSR count). The van der Waals surface area contributed by atoms with Crippen molar-refractivity contribution in [3.05, 3.63) is 23.6 Å². The number of thioether (sulfide) groups is 1. The Morgan fingerprint density at radius 1 is 1.46 bits per heavy atom. The Labute approximate surface area is 83.8 Å². The van der Waals surface area contributed by atoms with Gasteiger partial charge in [-0.25, -0.2) is 13.2 Å². The zero-order chi connectivity index (χ0) is 10.2. The zero-order valence-electron chi connectivity index (χ0n) is 7.07. The van der Waals surface area contributed by atoms with E-state index in [0.29, 0.717) is 0 Å². The van der Waals surface area contributed by atoms with Crippen molar-refractivity contribution in [3.8, 4) is 0 Å². The molecule has 0 heterocycles. The lowest BCUT2D eigenvalue weighted by atomic mass is 10.00. The Bertz CT molecular complexity index is 287. The fraction of sp³-hybridized carbons (Fsp3) is 0.500. The van der Waals surface area contributed by atoms with E-state index in [0.717, 1.165) is 17.8 Å². The molecule has 0 saturated carbocycles. The Morgan fingerprint density at radius 2 is 2.00 bits per heavy atom. The van der Waals surface area contributed by atoms with Gasteiger partial charge >= 0.3 is 0 Å². The monoisotopic (exact) mass is 228 g/mol. The number of alkyl halides is 1. The predicted molar refractivity (Wildman–Crippen MR) is 49.7 cm³/mol.